The standard InChI is InChI=1S/C12H13BrN4/c1-8-11(15-7-6-14-8)9(2)17-10-4-3-5-16-12(10)13/h3-7,9,17H,1-2H3. The molecule has 0 saturated heterocycles. The van der Waals surface area contributed by atoms with Gasteiger partial charge in [0, 0.05) is 18.6 Å². The highest BCUT2D eigenvalue weighted by atomic mass is 79.9. The average Bonchev–Trinajstić information content (AvgIpc) is 2.32. The van der Waals surface area contributed by atoms with Gasteiger partial charge < -0.3 is 5.32 Å². The Bertz CT molecular complexity index is 515. The molecule has 0 aliphatic rings. The van der Waals surface area contributed by atoms with Gasteiger partial charge in [0.15, 0.2) is 0 Å². The minimum Gasteiger partial charge on any atom is -0.375 e. The fourth-order valence-corrected chi connectivity index (χ4v) is 2.00. The van der Waals surface area contributed by atoms with Gasteiger partial charge >= 0.3 is 0 Å². The van der Waals surface area contributed by atoms with Gasteiger partial charge in [0.2, 0.25) is 0 Å². The maximum Gasteiger partial charge on any atom is 0.129 e. The first-order valence-electron chi connectivity index (χ1n) is 5.33. The van der Waals surface area contributed by atoms with E-state index >= 15 is 0 Å². The van der Waals surface area contributed by atoms with Crippen LogP contribution in [0.2, 0.25) is 0 Å². The topological polar surface area (TPSA) is 50.7 Å². The van der Waals surface area contributed by atoms with Crippen LogP contribution in [-0.4, -0.2) is 15.0 Å². The van der Waals surface area contributed by atoms with Gasteiger partial charge in [0.1, 0.15) is 4.60 Å². The first-order valence-corrected chi connectivity index (χ1v) is 6.12. The lowest BCUT2D eigenvalue weighted by Gasteiger charge is -2.16. The van der Waals surface area contributed by atoms with E-state index in [0.717, 1.165) is 21.7 Å². The highest BCUT2D eigenvalue weighted by molar-refractivity contribution is 9.10. The molecule has 1 atom stereocenters. The summed E-state index contributed by atoms with van der Waals surface area (Å²) in [6.07, 6.45) is 5.15. The highest BCUT2D eigenvalue weighted by Gasteiger charge is 2.11. The summed E-state index contributed by atoms with van der Waals surface area (Å²) in [6, 6.07) is 3.95. The van der Waals surface area contributed by atoms with Crippen LogP contribution in [0.4, 0.5) is 5.69 Å². The van der Waals surface area contributed by atoms with Gasteiger partial charge in [-0.2, -0.15) is 0 Å². The van der Waals surface area contributed by atoms with E-state index in [1.165, 1.54) is 0 Å². The van der Waals surface area contributed by atoms with Crippen molar-refractivity contribution in [3.8, 4) is 0 Å². The monoisotopic (exact) mass is 292 g/mol. The number of hydrogen-bond donors (Lipinski definition) is 1. The number of anilines is 1. The SMILES string of the molecule is Cc1nccnc1C(C)Nc1cccnc1Br. The number of halogens is 1. The largest absolute Gasteiger partial charge is 0.375 e. The number of pyridine rings is 1. The normalized spacial score (nSPS) is 12.2. The Balaban J connectivity index is 2.20. The zero-order valence-electron chi connectivity index (χ0n) is 9.68. The van der Waals surface area contributed by atoms with Crippen molar-refractivity contribution in [1.29, 1.82) is 0 Å². The van der Waals surface area contributed by atoms with Crippen LogP contribution in [0.15, 0.2) is 35.3 Å². The van der Waals surface area contributed by atoms with E-state index in [1.807, 2.05) is 19.1 Å². The zero-order chi connectivity index (χ0) is 12.3. The third-order valence-corrected chi connectivity index (χ3v) is 3.09. The molecule has 0 aliphatic heterocycles. The molecule has 2 aromatic rings. The van der Waals surface area contributed by atoms with Gasteiger partial charge in [-0.05, 0) is 41.9 Å². The molecule has 2 heterocycles. The van der Waals surface area contributed by atoms with Gasteiger partial charge in [-0.25, -0.2) is 4.98 Å². The molecule has 1 N–H and O–H groups in total. The third-order valence-electron chi connectivity index (χ3n) is 2.46. The predicted octanol–water partition coefficient (Wildman–Crippen LogP) is 3.12. The molecular formula is C12H13BrN4. The van der Waals surface area contributed by atoms with E-state index in [9.17, 15) is 0 Å². The summed E-state index contributed by atoms with van der Waals surface area (Å²) in [5.74, 6) is 0. The molecule has 1 unspecified atom stereocenters. The van der Waals surface area contributed by atoms with E-state index in [4.69, 9.17) is 0 Å². The molecule has 2 rings (SSSR count). The first kappa shape index (κ1) is 12.0. The second-order valence-electron chi connectivity index (χ2n) is 3.73. The van der Waals surface area contributed by atoms with Gasteiger partial charge in [-0.1, -0.05) is 0 Å². The van der Waals surface area contributed by atoms with E-state index in [2.05, 4.69) is 43.1 Å². The summed E-state index contributed by atoms with van der Waals surface area (Å²) in [5, 5.41) is 3.36. The van der Waals surface area contributed by atoms with Crippen molar-refractivity contribution in [2.75, 3.05) is 5.32 Å². The van der Waals surface area contributed by atoms with E-state index in [-0.39, 0.29) is 6.04 Å². The second kappa shape index (κ2) is 5.23. The Kier molecular flexibility index (Phi) is 3.68. The molecule has 2 aromatic heterocycles. The zero-order valence-corrected chi connectivity index (χ0v) is 11.3. The minimum atomic E-state index is 0.0872. The molecule has 0 bridgehead atoms. The number of nitrogens with zero attached hydrogens (tertiary/aromatic N) is 3. The summed E-state index contributed by atoms with van der Waals surface area (Å²) in [7, 11) is 0. The van der Waals surface area contributed by atoms with Crippen LogP contribution < -0.4 is 5.32 Å². The molecule has 0 spiro atoms. The van der Waals surface area contributed by atoms with Gasteiger partial charge in [0.25, 0.3) is 0 Å². The van der Waals surface area contributed by atoms with E-state index in [1.54, 1.807) is 18.6 Å². The summed E-state index contributed by atoms with van der Waals surface area (Å²) >= 11 is 3.41. The molecule has 0 aliphatic carbocycles. The van der Waals surface area contributed by atoms with Crippen LogP contribution in [-0.2, 0) is 0 Å². The maximum atomic E-state index is 4.34. The average molecular weight is 293 g/mol. The van der Waals surface area contributed by atoms with Crippen LogP contribution in [0.5, 0.6) is 0 Å². The molecule has 0 amide bonds. The summed E-state index contributed by atoms with van der Waals surface area (Å²) in [5.41, 5.74) is 2.83. The van der Waals surface area contributed by atoms with Crippen LogP contribution in [0.1, 0.15) is 24.4 Å². The van der Waals surface area contributed by atoms with Crippen molar-refractivity contribution < 1.29 is 0 Å². The number of aryl methyl sites for hydroxylation is 1. The Morgan fingerprint density at radius 1 is 1.18 bits per heavy atom. The molecule has 4 nitrogen and oxygen atoms in total. The van der Waals surface area contributed by atoms with Crippen molar-refractivity contribution in [3.63, 3.8) is 0 Å². The second-order valence-corrected chi connectivity index (χ2v) is 4.49. The highest BCUT2D eigenvalue weighted by Crippen LogP contribution is 2.24. The Morgan fingerprint density at radius 2 is 1.94 bits per heavy atom. The molecule has 5 heteroatoms. The van der Waals surface area contributed by atoms with E-state index < -0.39 is 0 Å². The molecule has 0 radical (unpaired) electrons. The van der Waals surface area contributed by atoms with Gasteiger partial charge in [-0.15, -0.1) is 0 Å². The smallest absolute Gasteiger partial charge is 0.129 e. The summed E-state index contributed by atoms with van der Waals surface area (Å²) in [6.45, 7) is 4.01. The Hall–Kier alpha value is -1.49. The van der Waals surface area contributed by atoms with Crippen molar-refractivity contribution in [3.05, 3.63) is 46.7 Å². The van der Waals surface area contributed by atoms with Crippen LogP contribution >= 0.6 is 15.9 Å². The maximum absolute atomic E-state index is 4.34. The number of nitrogens with one attached hydrogen (secondary N) is 1. The van der Waals surface area contributed by atoms with Crippen molar-refractivity contribution in [2.24, 2.45) is 0 Å². The van der Waals surface area contributed by atoms with Crippen molar-refractivity contribution in [1.82, 2.24) is 15.0 Å². The molecule has 17 heavy (non-hydrogen) atoms. The molecule has 0 saturated carbocycles. The quantitative estimate of drug-likeness (QED) is 0.883. The Morgan fingerprint density at radius 3 is 2.65 bits per heavy atom. The lowest BCUT2D eigenvalue weighted by molar-refractivity contribution is 0.808. The van der Waals surface area contributed by atoms with E-state index in [0.29, 0.717) is 0 Å². The lowest BCUT2D eigenvalue weighted by atomic mass is 10.2. The molecular weight excluding hydrogens is 280 g/mol. The fourth-order valence-electron chi connectivity index (χ4n) is 1.64. The number of aromatic nitrogens is 3. The fraction of sp³-hybridized carbons (Fsp3) is 0.250. The van der Waals surface area contributed by atoms with Crippen LogP contribution in [0.3, 0.4) is 0 Å². The minimum absolute atomic E-state index is 0.0872. The van der Waals surface area contributed by atoms with Crippen molar-refractivity contribution in [2.45, 2.75) is 19.9 Å². The number of hydrogen-bond acceptors (Lipinski definition) is 4. The molecule has 0 fully saturated rings. The van der Waals surface area contributed by atoms with Gasteiger partial charge in [-0.3, -0.25) is 9.97 Å². The summed E-state index contributed by atoms with van der Waals surface area (Å²) in [4.78, 5) is 12.7. The lowest BCUT2D eigenvalue weighted by Crippen LogP contribution is -2.11. The molecule has 88 valence electrons. The first-order chi connectivity index (χ1) is 8.18. The molecule has 0 aromatic carbocycles. The van der Waals surface area contributed by atoms with Crippen LogP contribution in [0, 0.1) is 6.92 Å². The predicted molar refractivity (Wildman–Crippen MR) is 70.7 cm³/mol. The number of rotatable bonds is 3. The van der Waals surface area contributed by atoms with Gasteiger partial charge in [0.05, 0.1) is 23.1 Å². The van der Waals surface area contributed by atoms with Crippen molar-refractivity contribution >= 4 is 21.6 Å². The Labute approximate surface area is 109 Å². The summed E-state index contributed by atoms with van der Waals surface area (Å²) < 4.78 is 0.799. The third kappa shape index (κ3) is 2.79. The van der Waals surface area contributed by atoms with Crippen LogP contribution in [0.25, 0.3) is 0 Å².